The van der Waals surface area contributed by atoms with Crippen molar-refractivity contribution in [1.82, 2.24) is 0 Å². The van der Waals surface area contributed by atoms with Crippen LogP contribution in [0.5, 0.6) is 17.2 Å². The zero-order valence-corrected chi connectivity index (χ0v) is 12.7. The third-order valence-corrected chi connectivity index (χ3v) is 3.08. The Labute approximate surface area is 137 Å². The van der Waals surface area contributed by atoms with E-state index in [-0.39, 0.29) is 18.6 Å². The molecule has 0 unspecified atom stereocenters. The summed E-state index contributed by atoms with van der Waals surface area (Å²) in [6.07, 6.45) is -5.15. The lowest BCUT2D eigenvalue weighted by molar-refractivity contribution is -0.136. The molecule has 2 aromatic carbocycles. The average molecular weight is 339 g/mol. The maximum atomic E-state index is 12.0. The van der Waals surface area contributed by atoms with Crippen LogP contribution in [-0.4, -0.2) is 18.7 Å². The van der Waals surface area contributed by atoms with Crippen LogP contribution in [0, 0.1) is 0 Å². The van der Waals surface area contributed by atoms with Gasteiger partial charge in [-0.2, -0.15) is 13.2 Å². The Morgan fingerprint density at radius 1 is 1.00 bits per heavy atom. The first-order valence-corrected chi connectivity index (χ1v) is 7.21. The molecule has 4 nitrogen and oxygen atoms in total. The molecule has 128 valence electrons. The van der Waals surface area contributed by atoms with Crippen LogP contribution in [0.4, 0.5) is 13.2 Å². The number of hydrogen-bond acceptors (Lipinski definition) is 3. The predicted octanol–water partition coefficient (Wildman–Crippen LogP) is 4.30. The van der Waals surface area contributed by atoms with Crippen LogP contribution in [0.15, 0.2) is 48.5 Å². The van der Waals surface area contributed by atoms with Crippen LogP contribution in [0.1, 0.15) is 23.2 Å². The minimum atomic E-state index is -4.17. The summed E-state index contributed by atoms with van der Waals surface area (Å²) in [4.78, 5) is 11.3. The highest BCUT2D eigenvalue weighted by atomic mass is 19.4. The van der Waals surface area contributed by atoms with Gasteiger partial charge in [0.25, 0.3) is 5.91 Å². The normalized spacial score (nSPS) is 11.1. The second-order valence-corrected chi connectivity index (χ2v) is 5.00. The molecule has 24 heavy (non-hydrogen) atoms. The quantitative estimate of drug-likeness (QED) is 0.765. The molecule has 0 saturated carbocycles. The van der Waals surface area contributed by atoms with Gasteiger partial charge in [-0.1, -0.05) is 12.1 Å². The Hall–Kier alpha value is -2.70. The molecular weight excluding hydrogens is 323 g/mol. The summed E-state index contributed by atoms with van der Waals surface area (Å²) in [6, 6.07) is 12.9. The number of amides is 1. The number of nitrogens with two attached hydrogens (primary N) is 1. The molecule has 0 aliphatic heterocycles. The number of alkyl halides is 3. The van der Waals surface area contributed by atoms with Crippen molar-refractivity contribution in [2.75, 3.05) is 6.61 Å². The van der Waals surface area contributed by atoms with E-state index in [4.69, 9.17) is 15.2 Å². The van der Waals surface area contributed by atoms with Gasteiger partial charge < -0.3 is 15.2 Å². The van der Waals surface area contributed by atoms with E-state index in [9.17, 15) is 18.0 Å². The van der Waals surface area contributed by atoms with Gasteiger partial charge in [-0.15, -0.1) is 0 Å². The summed E-state index contributed by atoms with van der Waals surface area (Å²) in [6.45, 7) is -0.0236. The number of carbonyl (C=O) groups is 1. The van der Waals surface area contributed by atoms with Crippen LogP contribution >= 0.6 is 0 Å². The number of halogens is 3. The number of hydrogen-bond donors (Lipinski definition) is 1. The van der Waals surface area contributed by atoms with Crippen molar-refractivity contribution in [2.45, 2.75) is 19.0 Å². The average Bonchev–Trinajstić information content (AvgIpc) is 2.52. The minimum absolute atomic E-state index is 0.0236. The van der Waals surface area contributed by atoms with Crippen LogP contribution < -0.4 is 15.2 Å². The van der Waals surface area contributed by atoms with E-state index in [1.165, 1.54) is 0 Å². The number of ether oxygens (including phenoxy) is 2. The number of benzene rings is 2. The van der Waals surface area contributed by atoms with Crippen molar-refractivity contribution in [3.63, 3.8) is 0 Å². The molecule has 1 amide bonds. The van der Waals surface area contributed by atoms with E-state index >= 15 is 0 Å². The zero-order chi connectivity index (χ0) is 17.6. The van der Waals surface area contributed by atoms with Gasteiger partial charge in [0.2, 0.25) is 0 Å². The SMILES string of the molecule is NC(=O)c1ccccc1Oc1ccc(OCCCC(F)(F)F)cc1. The highest BCUT2D eigenvalue weighted by Gasteiger charge is 2.26. The Bertz CT molecular complexity index is 684. The minimum Gasteiger partial charge on any atom is -0.494 e. The molecule has 7 heteroatoms. The van der Waals surface area contributed by atoms with Gasteiger partial charge in [0.1, 0.15) is 17.2 Å². The van der Waals surface area contributed by atoms with Gasteiger partial charge in [-0.05, 0) is 42.8 Å². The van der Waals surface area contributed by atoms with Crippen molar-refractivity contribution in [3.8, 4) is 17.2 Å². The lowest BCUT2D eigenvalue weighted by Gasteiger charge is -2.11. The summed E-state index contributed by atoms with van der Waals surface area (Å²) in [5, 5.41) is 0. The summed E-state index contributed by atoms with van der Waals surface area (Å²) < 4.78 is 46.9. The predicted molar refractivity (Wildman–Crippen MR) is 82.3 cm³/mol. The fourth-order valence-electron chi connectivity index (χ4n) is 1.95. The van der Waals surface area contributed by atoms with E-state index in [2.05, 4.69) is 0 Å². The first-order chi connectivity index (χ1) is 11.3. The first kappa shape index (κ1) is 17.7. The third kappa shape index (κ3) is 5.49. The molecule has 0 aromatic heterocycles. The molecule has 0 fully saturated rings. The lowest BCUT2D eigenvalue weighted by atomic mass is 10.2. The van der Waals surface area contributed by atoms with Gasteiger partial charge in [0.15, 0.2) is 0 Å². The van der Waals surface area contributed by atoms with Crippen LogP contribution in [0.3, 0.4) is 0 Å². The molecule has 0 heterocycles. The highest BCUT2D eigenvalue weighted by Crippen LogP contribution is 2.27. The largest absolute Gasteiger partial charge is 0.494 e. The summed E-state index contributed by atoms with van der Waals surface area (Å²) in [5.74, 6) is 0.609. The van der Waals surface area contributed by atoms with E-state index in [1.807, 2.05) is 0 Å². The fraction of sp³-hybridized carbons (Fsp3) is 0.235. The standard InChI is InChI=1S/C17H16F3NO3/c18-17(19,20)10-3-11-23-12-6-8-13(9-7-12)24-15-5-2-1-4-14(15)16(21)22/h1-2,4-9H,3,10-11H2,(H2,21,22). The molecule has 0 atom stereocenters. The van der Waals surface area contributed by atoms with Crippen molar-refractivity contribution in [3.05, 3.63) is 54.1 Å². The molecule has 0 radical (unpaired) electrons. The maximum absolute atomic E-state index is 12.0. The molecule has 0 aliphatic carbocycles. The Balaban J connectivity index is 1.92. The summed E-state index contributed by atoms with van der Waals surface area (Å²) in [5.41, 5.74) is 5.53. The van der Waals surface area contributed by atoms with Crippen molar-refractivity contribution >= 4 is 5.91 Å². The van der Waals surface area contributed by atoms with Crippen molar-refractivity contribution < 1.29 is 27.4 Å². The monoisotopic (exact) mass is 339 g/mol. The molecule has 2 rings (SSSR count). The van der Waals surface area contributed by atoms with E-state index < -0.39 is 18.5 Å². The Morgan fingerprint density at radius 2 is 1.62 bits per heavy atom. The molecular formula is C17H16F3NO3. The van der Waals surface area contributed by atoms with Crippen LogP contribution in [0.2, 0.25) is 0 Å². The van der Waals surface area contributed by atoms with E-state index in [0.29, 0.717) is 17.2 Å². The molecule has 0 aliphatic rings. The second kappa shape index (κ2) is 7.72. The molecule has 2 aromatic rings. The number of carbonyl (C=O) groups excluding carboxylic acids is 1. The summed E-state index contributed by atoms with van der Waals surface area (Å²) >= 11 is 0. The van der Waals surface area contributed by atoms with Gasteiger partial charge in [0.05, 0.1) is 12.2 Å². The highest BCUT2D eigenvalue weighted by molar-refractivity contribution is 5.95. The van der Waals surface area contributed by atoms with Gasteiger partial charge in [-0.25, -0.2) is 0 Å². The fourth-order valence-corrected chi connectivity index (χ4v) is 1.95. The first-order valence-electron chi connectivity index (χ1n) is 7.21. The molecule has 2 N–H and O–H groups in total. The smallest absolute Gasteiger partial charge is 0.389 e. The number of rotatable bonds is 7. The zero-order valence-electron chi connectivity index (χ0n) is 12.7. The van der Waals surface area contributed by atoms with Crippen LogP contribution in [0.25, 0.3) is 0 Å². The van der Waals surface area contributed by atoms with Gasteiger partial charge in [-0.3, -0.25) is 4.79 Å². The number of primary amides is 1. The second-order valence-electron chi connectivity index (χ2n) is 5.00. The Kier molecular flexibility index (Phi) is 5.68. The molecule has 0 saturated heterocycles. The lowest BCUT2D eigenvalue weighted by Crippen LogP contribution is -2.11. The summed E-state index contributed by atoms with van der Waals surface area (Å²) in [7, 11) is 0. The Morgan fingerprint density at radius 3 is 2.25 bits per heavy atom. The van der Waals surface area contributed by atoms with Gasteiger partial charge >= 0.3 is 6.18 Å². The maximum Gasteiger partial charge on any atom is 0.389 e. The van der Waals surface area contributed by atoms with Gasteiger partial charge in [0, 0.05) is 6.42 Å². The van der Waals surface area contributed by atoms with Crippen molar-refractivity contribution in [1.29, 1.82) is 0 Å². The molecule has 0 spiro atoms. The van der Waals surface area contributed by atoms with Crippen LogP contribution in [-0.2, 0) is 0 Å². The third-order valence-electron chi connectivity index (χ3n) is 3.08. The van der Waals surface area contributed by atoms with Crippen molar-refractivity contribution in [2.24, 2.45) is 5.73 Å². The van der Waals surface area contributed by atoms with E-state index in [1.54, 1.807) is 48.5 Å². The number of para-hydroxylation sites is 1. The topological polar surface area (TPSA) is 61.6 Å². The molecule has 0 bridgehead atoms. The van der Waals surface area contributed by atoms with E-state index in [0.717, 1.165) is 0 Å².